The van der Waals surface area contributed by atoms with Crippen LogP contribution >= 0.6 is 27.5 Å². The zero-order valence-electron chi connectivity index (χ0n) is 12.1. The largest absolute Gasteiger partial charge is 0.310 e. The summed E-state index contributed by atoms with van der Waals surface area (Å²) in [7, 11) is 0. The maximum Gasteiger partial charge on any atom is 0.127 e. The fourth-order valence-electron chi connectivity index (χ4n) is 2.35. The van der Waals surface area contributed by atoms with E-state index in [2.05, 4.69) is 47.2 Å². The van der Waals surface area contributed by atoms with E-state index in [9.17, 15) is 4.39 Å². The Bertz CT molecular complexity index is 630. The van der Waals surface area contributed by atoms with Crippen molar-refractivity contribution in [2.24, 2.45) is 0 Å². The van der Waals surface area contributed by atoms with E-state index >= 15 is 0 Å². The topological polar surface area (TPSA) is 12.0 Å². The highest BCUT2D eigenvalue weighted by Crippen LogP contribution is 2.25. The van der Waals surface area contributed by atoms with E-state index in [1.54, 1.807) is 12.1 Å². The van der Waals surface area contributed by atoms with Gasteiger partial charge in [-0.1, -0.05) is 52.7 Å². The first-order chi connectivity index (χ1) is 10.0. The Labute approximate surface area is 138 Å². The molecule has 0 aliphatic heterocycles. The molecule has 0 saturated carbocycles. The van der Waals surface area contributed by atoms with Crippen molar-refractivity contribution < 1.29 is 4.39 Å². The van der Waals surface area contributed by atoms with E-state index in [0.717, 1.165) is 16.6 Å². The fourth-order valence-corrected chi connectivity index (χ4v) is 2.75. The van der Waals surface area contributed by atoms with E-state index in [4.69, 9.17) is 11.6 Å². The minimum absolute atomic E-state index is 0.0810. The lowest BCUT2D eigenvalue weighted by molar-refractivity contribution is 0.528. The SMILES string of the molecule is CCNC(Cc1ccc(Cl)cc1F)c1ccc(Br)c(C)c1. The van der Waals surface area contributed by atoms with E-state index in [1.807, 2.05) is 6.07 Å². The van der Waals surface area contributed by atoms with Gasteiger partial charge in [-0.05, 0) is 54.8 Å². The third kappa shape index (κ3) is 4.29. The number of benzene rings is 2. The monoisotopic (exact) mass is 369 g/mol. The second kappa shape index (κ2) is 7.39. The van der Waals surface area contributed by atoms with Gasteiger partial charge in [-0.15, -0.1) is 0 Å². The van der Waals surface area contributed by atoms with Gasteiger partial charge in [0, 0.05) is 15.5 Å². The minimum Gasteiger partial charge on any atom is -0.310 e. The van der Waals surface area contributed by atoms with Crippen LogP contribution in [0, 0.1) is 12.7 Å². The Kier molecular flexibility index (Phi) is 5.80. The molecule has 0 heterocycles. The first-order valence-electron chi connectivity index (χ1n) is 6.94. The summed E-state index contributed by atoms with van der Waals surface area (Å²) in [6, 6.07) is 11.2. The standard InChI is InChI=1S/C17H18BrClFN/c1-3-21-17(13-5-7-15(18)11(2)8-13)9-12-4-6-14(19)10-16(12)20/h4-8,10,17,21H,3,9H2,1-2H3. The summed E-state index contributed by atoms with van der Waals surface area (Å²) in [5.41, 5.74) is 3.00. The predicted molar refractivity (Wildman–Crippen MR) is 90.4 cm³/mol. The Morgan fingerprint density at radius 3 is 2.62 bits per heavy atom. The second-order valence-corrected chi connectivity index (χ2v) is 6.35. The van der Waals surface area contributed by atoms with Crippen molar-refractivity contribution in [3.63, 3.8) is 0 Å². The maximum atomic E-state index is 14.0. The summed E-state index contributed by atoms with van der Waals surface area (Å²) < 4.78 is 15.1. The van der Waals surface area contributed by atoms with Gasteiger partial charge in [0.2, 0.25) is 0 Å². The molecule has 0 bridgehead atoms. The number of nitrogens with one attached hydrogen (secondary N) is 1. The van der Waals surface area contributed by atoms with Crippen LogP contribution in [0.2, 0.25) is 5.02 Å². The average molecular weight is 371 g/mol. The summed E-state index contributed by atoms with van der Waals surface area (Å²) in [4.78, 5) is 0. The Hall–Kier alpha value is -0.900. The molecule has 0 amide bonds. The quantitative estimate of drug-likeness (QED) is 0.738. The van der Waals surface area contributed by atoms with Gasteiger partial charge in [0.15, 0.2) is 0 Å². The molecule has 1 unspecified atom stereocenters. The molecular formula is C17H18BrClFN. The normalized spacial score (nSPS) is 12.4. The zero-order valence-corrected chi connectivity index (χ0v) is 14.4. The lowest BCUT2D eigenvalue weighted by Crippen LogP contribution is -2.23. The third-order valence-electron chi connectivity index (χ3n) is 3.47. The van der Waals surface area contributed by atoms with Gasteiger partial charge in [0.1, 0.15) is 5.82 Å². The molecule has 0 radical (unpaired) electrons. The first-order valence-corrected chi connectivity index (χ1v) is 8.11. The van der Waals surface area contributed by atoms with Crippen molar-refractivity contribution in [3.05, 3.63) is 68.4 Å². The van der Waals surface area contributed by atoms with E-state index < -0.39 is 0 Å². The van der Waals surface area contributed by atoms with Crippen LogP contribution in [0.4, 0.5) is 4.39 Å². The summed E-state index contributed by atoms with van der Waals surface area (Å²) in [5, 5.41) is 3.85. The molecule has 0 saturated heterocycles. The van der Waals surface area contributed by atoms with Gasteiger partial charge in [-0.3, -0.25) is 0 Å². The lowest BCUT2D eigenvalue weighted by atomic mass is 9.97. The molecule has 0 aliphatic rings. The van der Waals surface area contributed by atoms with Crippen molar-refractivity contribution >= 4 is 27.5 Å². The highest BCUT2D eigenvalue weighted by Gasteiger charge is 2.14. The van der Waals surface area contributed by atoms with E-state index in [1.165, 1.54) is 11.6 Å². The summed E-state index contributed by atoms with van der Waals surface area (Å²) >= 11 is 9.32. The molecule has 0 spiro atoms. The van der Waals surface area contributed by atoms with E-state index in [0.29, 0.717) is 17.0 Å². The molecule has 112 valence electrons. The van der Waals surface area contributed by atoms with Crippen LogP contribution in [0.3, 0.4) is 0 Å². The summed E-state index contributed by atoms with van der Waals surface area (Å²) in [5.74, 6) is -0.251. The maximum absolute atomic E-state index is 14.0. The Morgan fingerprint density at radius 1 is 1.24 bits per heavy atom. The van der Waals surface area contributed by atoms with Gasteiger partial charge < -0.3 is 5.32 Å². The highest BCUT2D eigenvalue weighted by molar-refractivity contribution is 9.10. The molecule has 2 rings (SSSR count). The van der Waals surface area contributed by atoms with Crippen molar-refractivity contribution in [2.45, 2.75) is 26.3 Å². The number of aryl methyl sites for hydroxylation is 1. The minimum atomic E-state index is -0.251. The summed E-state index contributed by atoms with van der Waals surface area (Å²) in [6.07, 6.45) is 0.595. The molecule has 21 heavy (non-hydrogen) atoms. The van der Waals surface area contributed by atoms with Gasteiger partial charge in [0.05, 0.1) is 0 Å². The van der Waals surface area contributed by atoms with Crippen LogP contribution < -0.4 is 5.32 Å². The Balaban J connectivity index is 2.28. The van der Waals surface area contributed by atoms with Crippen molar-refractivity contribution in [1.29, 1.82) is 0 Å². The number of hydrogen-bond donors (Lipinski definition) is 1. The van der Waals surface area contributed by atoms with Crippen LogP contribution in [0.15, 0.2) is 40.9 Å². The smallest absolute Gasteiger partial charge is 0.127 e. The summed E-state index contributed by atoms with van der Waals surface area (Å²) in [6.45, 7) is 4.94. The number of halogens is 3. The molecular weight excluding hydrogens is 353 g/mol. The molecule has 2 aromatic rings. The molecule has 1 nitrogen and oxygen atoms in total. The third-order valence-corrected chi connectivity index (χ3v) is 4.60. The molecule has 1 atom stereocenters. The van der Waals surface area contributed by atoms with Crippen molar-refractivity contribution in [2.75, 3.05) is 6.54 Å². The van der Waals surface area contributed by atoms with Crippen molar-refractivity contribution in [1.82, 2.24) is 5.32 Å². The molecule has 0 aliphatic carbocycles. The average Bonchev–Trinajstić information content (AvgIpc) is 2.44. The van der Waals surface area contributed by atoms with Crippen molar-refractivity contribution in [3.8, 4) is 0 Å². The van der Waals surface area contributed by atoms with Gasteiger partial charge >= 0.3 is 0 Å². The lowest BCUT2D eigenvalue weighted by Gasteiger charge is -2.20. The molecule has 2 aromatic carbocycles. The second-order valence-electron chi connectivity index (χ2n) is 5.06. The predicted octanol–water partition coefficient (Wildman–Crippen LogP) is 5.44. The van der Waals surface area contributed by atoms with Gasteiger partial charge in [0.25, 0.3) is 0 Å². The van der Waals surface area contributed by atoms with Crippen LogP contribution in [0.25, 0.3) is 0 Å². The van der Waals surface area contributed by atoms with Crippen LogP contribution in [-0.2, 0) is 6.42 Å². The first kappa shape index (κ1) is 16.5. The van der Waals surface area contributed by atoms with E-state index in [-0.39, 0.29) is 11.9 Å². The van der Waals surface area contributed by atoms with Crippen LogP contribution in [0.5, 0.6) is 0 Å². The number of hydrogen-bond acceptors (Lipinski definition) is 1. The fraction of sp³-hybridized carbons (Fsp3) is 0.294. The zero-order chi connectivity index (χ0) is 15.4. The molecule has 4 heteroatoms. The van der Waals surface area contributed by atoms with Gasteiger partial charge in [-0.2, -0.15) is 0 Å². The highest BCUT2D eigenvalue weighted by atomic mass is 79.9. The van der Waals surface area contributed by atoms with Gasteiger partial charge in [-0.25, -0.2) is 4.39 Å². The number of likely N-dealkylation sites (N-methyl/N-ethyl adjacent to an activating group) is 1. The Morgan fingerprint density at radius 2 is 2.00 bits per heavy atom. The molecule has 1 N–H and O–H groups in total. The van der Waals surface area contributed by atoms with Crippen LogP contribution in [0.1, 0.15) is 29.7 Å². The molecule has 0 fully saturated rings. The molecule has 0 aromatic heterocycles. The van der Waals surface area contributed by atoms with Crippen LogP contribution in [-0.4, -0.2) is 6.54 Å². The number of rotatable bonds is 5.